The quantitative estimate of drug-likeness (QED) is 0.341. The fourth-order valence-corrected chi connectivity index (χ4v) is 7.05. The highest BCUT2D eigenvalue weighted by Gasteiger charge is 2.73. The maximum atomic E-state index is 13.7. The summed E-state index contributed by atoms with van der Waals surface area (Å²) in [5, 5.41) is 33.5. The van der Waals surface area contributed by atoms with Crippen LogP contribution < -0.4 is 5.73 Å². The molecule has 0 spiro atoms. The van der Waals surface area contributed by atoms with Crippen LogP contribution in [0.5, 0.6) is 0 Å². The van der Waals surface area contributed by atoms with Gasteiger partial charge in [-0.05, 0) is 46.2 Å². The van der Waals surface area contributed by atoms with Crippen molar-refractivity contribution in [2.75, 3.05) is 14.1 Å². The average Bonchev–Trinajstić information content (AvgIpc) is 2.68. The highest BCUT2D eigenvalue weighted by molar-refractivity contribution is 6.31. The molecule has 0 aliphatic heterocycles. The van der Waals surface area contributed by atoms with E-state index in [1.165, 1.54) is 25.9 Å². The van der Waals surface area contributed by atoms with Gasteiger partial charge in [-0.15, -0.1) is 0 Å². The Balaban J connectivity index is 1.87. The van der Waals surface area contributed by atoms with Crippen LogP contribution in [0.25, 0.3) is 0 Å². The van der Waals surface area contributed by atoms with Crippen molar-refractivity contribution in [2.45, 2.75) is 56.0 Å². The Morgan fingerprint density at radius 2 is 1.62 bits per heavy atom. The van der Waals surface area contributed by atoms with Crippen LogP contribution in [0.3, 0.4) is 0 Å². The van der Waals surface area contributed by atoms with Crippen molar-refractivity contribution in [3.63, 3.8) is 0 Å². The van der Waals surface area contributed by atoms with E-state index in [0.717, 1.165) is 0 Å². The number of nitrogens with two attached hydrogens (primary N) is 1. The van der Waals surface area contributed by atoms with Crippen LogP contribution in [0.15, 0.2) is 0 Å². The Bertz CT molecular complexity index is 914. The van der Waals surface area contributed by atoms with Gasteiger partial charge in [0, 0.05) is 17.8 Å². The van der Waals surface area contributed by atoms with Crippen molar-refractivity contribution in [3.8, 4) is 0 Å². The molecular weight excluding hydrogens is 420 g/mol. The van der Waals surface area contributed by atoms with Gasteiger partial charge < -0.3 is 21.1 Å². The van der Waals surface area contributed by atoms with E-state index >= 15 is 0 Å². The number of hydrogen-bond acceptors (Lipinski definition) is 9. The van der Waals surface area contributed by atoms with Crippen LogP contribution in [0.4, 0.5) is 0 Å². The van der Waals surface area contributed by atoms with Crippen molar-refractivity contribution in [2.24, 2.45) is 41.2 Å². The first-order valence-corrected chi connectivity index (χ1v) is 11.0. The van der Waals surface area contributed by atoms with Crippen molar-refractivity contribution >= 4 is 29.0 Å². The van der Waals surface area contributed by atoms with Gasteiger partial charge >= 0.3 is 0 Å². The molecule has 10 heteroatoms. The molecule has 0 bridgehead atoms. The number of carbonyl (C=O) groups is 5. The standard InChI is InChI=1S/C22H30N2O8/c1-21(31)8-5-4-6-11(25)12(8)16(26)13-9(21)7-10-15(24(2)3)17(27)14(20(23)30)19(29)22(10,32)18(13)28/h8-15,25,31-32H,4-7H2,1-3H3,(H2,23,30). The highest BCUT2D eigenvalue weighted by Crippen LogP contribution is 2.57. The number of nitrogens with zero attached hydrogens (tertiary/aromatic N) is 1. The molecule has 0 heterocycles. The predicted molar refractivity (Wildman–Crippen MR) is 108 cm³/mol. The Morgan fingerprint density at radius 3 is 2.19 bits per heavy atom. The molecular formula is C22H30N2O8. The molecule has 10 nitrogen and oxygen atoms in total. The number of ketones is 4. The number of rotatable bonds is 2. The summed E-state index contributed by atoms with van der Waals surface area (Å²) in [6.45, 7) is 1.52. The van der Waals surface area contributed by atoms with Gasteiger partial charge in [-0.3, -0.25) is 28.9 Å². The number of amides is 1. The van der Waals surface area contributed by atoms with Gasteiger partial charge in [0.1, 0.15) is 5.78 Å². The van der Waals surface area contributed by atoms with Crippen LogP contribution in [-0.2, 0) is 24.0 Å². The van der Waals surface area contributed by atoms with E-state index in [9.17, 15) is 39.3 Å². The van der Waals surface area contributed by atoms with Gasteiger partial charge in [0.15, 0.2) is 28.9 Å². The van der Waals surface area contributed by atoms with Gasteiger partial charge in [-0.2, -0.15) is 0 Å². The van der Waals surface area contributed by atoms with Crippen LogP contribution >= 0.6 is 0 Å². The summed E-state index contributed by atoms with van der Waals surface area (Å²) in [7, 11) is 3.04. The number of hydrogen-bond donors (Lipinski definition) is 4. The van der Waals surface area contributed by atoms with Gasteiger partial charge in [0.2, 0.25) is 5.91 Å². The Kier molecular flexibility index (Phi) is 5.24. The number of Topliss-reactive ketones (excluding diaryl/α,β-unsaturated/α-hetero) is 4. The molecule has 10 atom stereocenters. The third kappa shape index (κ3) is 2.76. The Labute approximate surface area is 185 Å². The molecule has 176 valence electrons. The molecule has 0 saturated heterocycles. The minimum atomic E-state index is -2.76. The molecule has 4 fully saturated rings. The lowest BCUT2D eigenvalue weighted by atomic mass is 9.46. The monoisotopic (exact) mass is 450 g/mol. The molecule has 4 aliphatic rings. The zero-order valence-electron chi connectivity index (χ0n) is 18.4. The fraction of sp³-hybridized carbons (Fsp3) is 0.773. The Hall–Kier alpha value is -2.01. The zero-order chi connectivity index (χ0) is 23.9. The molecule has 1 amide bonds. The average molecular weight is 450 g/mol. The minimum absolute atomic E-state index is 0.142. The molecule has 4 saturated carbocycles. The maximum Gasteiger partial charge on any atom is 0.235 e. The third-order valence-electron chi connectivity index (χ3n) is 8.54. The molecule has 4 rings (SSSR count). The summed E-state index contributed by atoms with van der Waals surface area (Å²) in [5.41, 5.74) is 0.984. The maximum absolute atomic E-state index is 13.7. The first kappa shape index (κ1) is 23.2. The summed E-state index contributed by atoms with van der Waals surface area (Å²) < 4.78 is 0. The number of aliphatic hydroxyl groups is 3. The van der Waals surface area contributed by atoms with E-state index in [0.29, 0.717) is 19.3 Å². The molecule has 5 N–H and O–H groups in total. The summed E-state index contributed by atoms with van der Waals surface area (Å²) in [6, 6.07) is -1.18. The number of primary amides is 1. The molecule has 0 aromatic carbocycles. The fourth-order valence-electron chi connectivity index (χ4n) is 7.05. The number of fused-ring (bicyclic) bond motifs is 3. The summed E-state index contributed by atoms with van der Waals surface area (Å²) in [6.07, 6.45) is 0.275. The van der Waals surface area contributed by atoms with Gasteiger partial charge in [-0.1, -0.05) is 6.42 Å². The third-order valence-corrected chi connectivity index (χ3v) is 8.54. The first-order valence-electron chi connectivity index (χ1n) is 11.0. The summed E-state index contributed by atoms with van der Waals surface area (Å²) in [5.74, 6) is -12.4. The van der Waals surface area contributed by atoms with Gasteiger partial charge in [0.05, 0.1) is 23.7 Å². The highest BCUT2D eigenvalue weighted by atomic mass is 16.3. The molecule has 0 aromatic heterocycles. The van der Waals surface area contributed by atoms with E-state index in [1.54, 1.807) is 0 Å². The zero-order valence-corrected chi connectivity index (χ0v) is 18.4. The first-order chi connectivity index (χ1) is 14.8. The molecule has 32 heavy (non-hydrogen) atoms. The lowest BCUT2D eigenvalue weighted by Crippen LogP contribution is -2.77. The SMILES string of the molecule is CN(C)C1C(=O)C(C(N)=O)C(=O)C2(O)C(=O)C3C(=O)C4C(O)CCCC4C(C)(O)C3CC12. The molecule has 10 unspecified atom stereocenters. The van der Waals surface area contributed by atoms with E-state index < -0.39 is 87.9 Å². The second kappa shape index (κ2) is 7.24. The smallest absolute Gasteiger partial charge is 0.235 e. The van der Waals surface area contributed by atoms with E-state index in [1.807, 2.05) is 0 Å². The second-order valence-corrected chi connectivity index (χ2v) is 10.3. The van der Waals surface area contributed by atoms with Crippen LogP contribution in [0.2, 0.25) is 0 Å². The molecule has 0 aromatic rings. The number of aliphatic hydroxyl groups excluding tert-OH is 1. The Morgan fingerprint density at radius 1 is 1.00 bits per heavy atom. The van der Waals surface area contributed by atoms with Crippen LogP contribution in [0, 0.1) is 35.5 Å². The van der Waals surface area contributed by atoms with Gasteiger partial charge in [-0.25, -0.2) is 0 Å². The lowest BCUT2D eigenvalue weighted by molar-refractivity contribution is -0.209. The lowest BCUT2D eigenvalue weighted by Gasteiger charge is -2.59. The van der Waals surface area contributed by atoms with Crippen molar-refractivity contribution in [1.82, 2.24) is 4.90 Å². The minimum Gasteiger partial charge on any atom is -0.392 e. The predicted octanol–water partition coefficient (Wildman–Crippen LogP) is -2.17. The van der Waals surface area contributed by atoms with Crippen molar-refractivity contribution in [1.29, 1.82) is 0 Å². The van der Waals surface area contributed by atoms with Crippen LogP contribution in [-0.4, -0.2) is 86.7 Å². The van der Waals surface area contributed by atoms with Gasteiger partial charge in [0.25, 0.3) is 0 Å². The second-order valence-electron chi connectivity index (χ2n) is 10.3. The van der Waals surface area contributed by atoms with Crippen molar-refractivity contribution in [3.05, 3.63) is 0 Å². The molecule has 0 radical (unpaired) electrons. The number of likely N-dealkylation sites (N-methyl/N-ethyl adjacent to an activating group) is 1. The van der Waals surface area contributed by atoms with E-state index in [-0.39, 0.29) is 6.42 Å². The van der Waals surface area contributed by atoms with E-state index in [4.69, 9.17) is 5.73 Å². The summed E-state index contributed by atoms with van der Waals surface area (Å²) >= 11 is 0. The topological polar surface area (TPSA) is 175 Å². The number of carbonyl (C=O) groups excluding carboxylic acids is 5. The molecule has 4 aliphatic carbocycles. The summed E-state index contributed by atoms with van der Waals surface area (Å²) in [4.78, 5) is 66.7. The largest absolute Gasteiger partial charge is 0.392 e. The normalized spacial score (nSPS) is 48.8. The van der Waals surface area contributed by atoms with Crippen molar-refractivity contribution < 1.29 is 39.3 Å². The van der Waals surface area contributed by atoms with Crippen LogP contribution in [0.1, 0.15) is 32.6 Å². The van der Waals surface area contributed by atoms with E-state index in [2.05, 4.69) is 0 Å².